The van der Waals surface area contributed by atoms with Gasteiger partial charge in [-0.2, -0.15) is 0 Å². The summed E-state index contributed by atoms with van der Waals surface area (Å²) >= 11 is 1.47. The number of hydrogen-bond acceptors (Lipinski definition) is 4. The molecule has 2 aromatic heterocycles. The average Bonchev–Trinajstić information content (AvgIpc) is 2.67. The number of rotatable bonds is 3. The normalized spacial score (nSPS) is 11.6. The van der Waals surface area contributed by atoms with Gasteiger partial charge in [0.05, 0.1) is 5.69 Å². The standard InChI is InChI=1S/C13H13BN4S/c1-4-12(18-13-8(2)16-9(3)17-13)19-10-5-6-15-11(14)7-10/h4-7H,1H2,2-3H3,(H,16,17). The number of hydrogen-bond donors (Lipinski definition) is 1. The predicted octanol–water partition coefficient (Wildman–Crippen LogP) is 2.22. The number of aliphatic imine (C=N–C) groups is 1. The Bertz CT molecular complexity index is 633. The first-order chi connectivity index (χ1) is 9.08. The minimum atomic E-state index is 0.486. The zero-order valence-corrected chi connectivity index (χ0v) is 11.7. The molecule has 0 amide bonds. The molecule has 2 rings (SSSR count). The third-order valence-corrected chi connectivity index (χ3v) is 3.30. The molecule has 1 N–H and O–H groups in total. The van der Waals surface area contributed by atoms with Crippen LogP contribution in [0.4, 0.5) is 5.82 Å². The van der Waals surface area contributed by atoms with Crippen LogP contribution in [0.15, 0.2) is 40.9 Å². The van der Waals surface area contributed by atoms with Crippen molar-refractivity contribution in [1.82, 2.24) is 15.0 Å². The lowest BCUT2D eigenvalue weighted by atomic mass is 10.0. The topological polar surface area (TPSA) is 53.9 Å². The van der Waals surface area contributed by atoms with Crippen molar-refractivity contribution in [1.29, 1.82) is 0 Å². The van der Waals surface area contributed by atoms with Gasteiger partial charge >= 0.3 is 0 Å². The number of H-pyrrole nitrogens is 1. The van der Waals surface area contributed by atoms with Crippen molar-refractivity contribution in [2.75, 3.05) is 0 Å². The molecule has 0 aliphatic heterocycles. The summed E-state index contributed by atoms with van der Waals surface area (Å²) in [5.74, 6) is 1.53. The number of aromatic amines is 1. The molecule has 0 atom stereocenters. The number of aryl methyl sites for hydroxylation is 2. The smallest absolute Gasteiger partial charge is 0.174 e. The SMILES string of the molecule is [B]c1cc(SC(C=C)=Nc2nc(C)[nH]c2C)ccn1. The van der Waals surface area contributed by atoms with Crippen LogP contribution in [0.3, 0.4) is 0 Å². The third kappa shape index (κ3) is 3.57. The van der Waals surface area contributed by atoms with Crippen LogP contribution in [0.25, 0.3) is 0 Å². The van der Waals surface area contributed by atoms with E-state index in [1.165, 1.54) is 11.8 Å². The Balaban J connectivity index is 2.25. The van der Waals surface area contributed by atoms with Gasteiger partial charge in [0.1, 0.15) is 18.7 Å². The van der Waals surface area contributed by atoms with Gasteiger partial charge in [-0.25, -0.2) is 9.98 Å². The number of thioether (sulfide) groups is 1. The fourth-order valence-corrected chi connectivity index (χ4v) is 2.30. The molecule has 2 heterocycles. The average molecular weight is 268 g/mol. The van der Waals surface area contributed by atoms with E-state index in [2.05, 4.69) is 26.5 Å². The molecule has 0 saturated heterocycles. The van der Waals surface area contributed by atoms with Crippen LogP contribution in [0, 0.1) is 13.8 Å². The van der Waals surface area contributed by atoms with Crippen molar-refractivity contribution in [3.05, 3.63) is 42.5 Å². The molecule has 6 heteroatoms. The second-order valence-corrected chi connectivity index (χ2v) is 5.04. The molecule has 4 nitrogen and oxygen atoms in total. The minimum absolute atomic E-state index is 0.486. The molecule has 0 aliphatic rings. The molecule has 0 bridgehead atoms. The monoisotopic (exact) mass is 268 g/mol. The van der Waals surface area contributed by atoms with E-state index in [4.69, 9.17) is 7.85 Å². The lowest BCUT2D eigenvalue weighted by Crippen LogP contribution is -2.06. The second-order valence-electron chi connectivity index (χ2n) is 3.94. The Labute approximate surface area is 117 Å². The van der Waals surface area contributed by atoms with E-state index in [0.717, 1.165) is 21.5 Å². The maximum atomic E-state index is 5.65. The van der Waals surface area contributed by atoms with E-state index in [-0.39, 0.29) is 0 Å². The summed E-state index contributed by atoms with van der Waals surface area (Å²) in [4.78, 5) is 16.8. The Morgan fingerprint density at radius 3 is 2.89 bits per heavy atom. The molecule has 94 valence electrons. The fraction of sp³-hybridized carbons (Fsp3) is 0.154. The Morgan fingerprint density at radius 1 is 1.53 bits per heavy atom. The molecule has 2 aromatic rings. The molecule has 0 spiro atoms. The number of aromatic nitrogens is 3. The summed E-state index contributed by atoms with van der Waals surface area (Å²) < 4.78 is 0. The molecule has 0 fully saturated rings. The number of nitrogens with one attached hydrogen (secondary N) is 1. The largest absolute Gasteiger partial charge is 0.344 e. The molecule has 19 heavy (non-hydrogen) atoms. The van der Waals surface area contributed by atoms with Crippen molar-refractivity contribution in [3.63, 3.8) is 0 Å². The second kappa shape index (κ2) is 5.88. The number of pyridine rings is 1. The van der Waals surface area contributed by atoms with Gasteiger partial charge in [-0.1, -0.05) is 18.3 Å². The third-order valence-electron chi connectivity index (χ3n) is 2.34. The maximum Gasteiger partial charge on any atom is 0.174 e. The van der Waals surface area contributed by atoms with E-state index in [1.54, 1.807) is 18.3 Å². The van der Waals surface area contributed by atoms with Gasteiger partial charge in [0.15, 0.2) is 5.82 Å². The van der Waals surface area contributed by atoms with Gasteiger partial charge < -0.3 is 4.98 Å². The zero-order valence-electron chi connectivity index (χ0n) is 10.8. The summed E-state index contributed by atoms with van der Waals surface area (Å²) in [6, 6.07) is 3.68. The van der Waals surface area contributed by atoms with Gasteiger partial charge in [-0.15, -0.1) is 0 Å². The highest BCUT2D eigenvalue weighted by atomic mass is 32.2. The highest BCUT2D eigenvalue weighted by Gasteiger charge is 2.05. The van der Waals surface area contributed by atoms with E-state index >= 15 is 0 Å². The quantitative estimate of drug-likeness (QED) is 0.402. The van der Waals surface area contributed by atoms with E-state index < -0.39 is 0 Å². The van der Waals surface area contributed by atoms with Crippen LogP contribution in [0.5, 0.6) is 0 Å². The van der Waals surface area contributed by atoms with Crippen LogP contribution >= 0.6 is 11.8 Å². The van der Waals surface area contributed by atoms with Crippen molar-refractivity contribution < 1.29 is 0 Å². The highest BCUT2D eigenvalue weighted by Crippen LogP contribution is 2.23. The summed E-state index contributed by atoms with van der Waals surface area (Å²) in [7, 11) is 5.65. The van der Waals surface area contributed by atoms with Crippen LogP contribution in [0.1, 0.15) is 11.5 Å². The molecule has 0 unspecified atom stereocenters. The molecule has 0 aliphatic carbocycles. The number of imidazole rings is 1. The molecule has 0 aromatic carbocycles. The minimum Gasteiger partial charge on any atom is -0.344 e. The number of nitrogens with zero attached hydrogens (tertiary/aromatic N) is 3. The van der Waals surface area contributed by atoms with Gasteiger partial charge in [-0.3, -0.25) is 4.98 Å². The van der Waals surface area contributed by atoms with Crippen molar-refractivity contribution >= 4 is 36.1 Å². The van der Waals surface area contributed by atoms with Gasteiger partial charge in [-0.05, 0) is 37.6 Å². The lowest BCUT2D eigenvalue weighted by molar-refractivity contribution is 1.13. The Kier molecular flexibility index (Phi) is 4.22. The van der Waals surface area contributed by atoms with E-state index in [1.807, 2.05) is 19.9 Å². The summed E-state index contributed by atoms with van der Waals surface area (Å²) in [5, 5.41) is 0.764. The molecular weight excluding hydrogens is 255 g/mol. The summed E-state index contributed by atoms with van der Waals surface area (Å²) in [5.41, 5.74) is 1.42. The first kappa shape index (κ1) is 13.6. The summed E-state index contributed by atoms with van der Waals surface area (Å²) in [6.07, 6.45) is 3.37. The first-order valence-electron chi connectivity index (χ1n) is 5.72. The molecular formula is C13H13BN4S. The van der Waals surface area contributed by atoms with Crippen LogP contribution in [-0.2, 0) is 0 Å². The van der Waals surface area contributed by atoms with Crippen molar-refractivity contribution in [3.8, 4) is 0 Å². The Morgan fingerprint density at radius 2 is 2.32 bits per heavy atom. The van der Waals surface area contributed by atoms with E-state index in [9.17, 15) is 0 Å². The predicted molar refractivity (Wildman–Crippen MR) is 80.8 cm³/mol. The molecule has 0 saturated carbocycles. The maximum absolute atomic E-state index is 5.65. The highest BCUT2D eigenvalue weighted by molar-refractivity contribution is 8.14. The summed E-state index contributed by atoms with van der Waals surface area (Å²) in [6.45, 7) is 7.61. The van der Waals surface area contributed by atoms with Crippen LogP contribution in [-0.4, -0.2) is 27.8 Å². The van der Waals surface area contributed by atoms with E-state index in [0.29, 0.717) is 11.4 Å². The Hall–Kier alpha value is -1.82. The van der Waals surface area contributed by atoms with Crippen LogP contribution < -0.4 is 5.59 Å². The van der Waals surface area contributed by atoms with Crippen LogP contribution in [0.2, 0.25) is 0 Å². The molecule has 2 radical (unpaired) electrons. The van der Waals surface area contributed by atoms with Gasteiger partial charge in [0.25, 0.3) is 0 Å². The van der Waals surface area contributed by atoms with Gasteiger partial charge in [0.2, 0.25) is 0 Å². The van der Waals surface area contributed by atoms with Crippen molar-refractivity contribution in [2.45, 2.75) is 18.7 Å². The zero-order chi connectivity index (χ0) is 13.8. The van der Waals surface area contributed by atoms with Gasteiger partial charge in [0, 0.05) is 11.1 Å². The fourth-order valence-electron chi connectivity index (χ4n) is 1.53. The van der Waals surface area contributed by atoms with Crippen molar-refractivity contribution in [2.24, 2.45) is 4.99 Å². The lowest BCUT2D eigenvalue weighted by Gasteiger charge is -2.02. The first-order valence-corrected chi connectivity index (χ1v) is 6.54.